The van der Waals surface area contributed by atoms with Gasteiger partial charge < -0.3 is 10.1 Å². The Balaban J connectivity index is 0.00000180. The molecule has 1 fully saturated rings. The quantitative estimate of drug-likeness (QED) is 0.869. The second-order valence-electron chi connectivity index (χ2n) is 4.42. The van der Waals surface area contributed by atoms with Crippen LogP contribution < -0.4 is 5.32 Å². The predicted octanol–water partition coefficient (Wildman–Crippen LogP) is 2.77. The molecule has 1 aliphatic heterocycles. The standard InChI is InChI=1S/C13H20N2O2S.ClH/c1-3-10-11(13(16)17-4-2)15-12(18-10)9-5-7-14-8-6-9;/h9,14H,3-8H2,1-2H3;1H. The van der Waals surface area contributed by atoms with Crippen molar-refractivity contribution in [2.75, 3.05) is 19.7 Å². The smallest absolute Gasteiger partial charge is 0.358 e. The van der Waals surface area contributed by atoms with Gasteiger partial charge in [-0.05, 0) is 39.3 Å². The molecule has 1 saturated heterocycles. The number of thiazole rings is 1. The number of esters is 1. The monoisotopic (exact) mass is 304 g/mol. The number of nitrogens with zero attached hydrogens (tertiary/aromatic N) is 1. The number of carbonyl (C=O) groups is 1. The molecule has 0 unspecified atom stereocenters. The number of nitrogens with one attached hydrogen (secondary N) is 1. The number of aryl methyl sites for hydroxylation is 1. The van der Waals surface area contributed by atoms with E-state index in [0.29, 0.717) is 18.2 Å². The fourth-order valence-electron chi connectivity index (χ4n) is 2.21. The lowest BCUT2D eigenvalue weighted by molar-refractivity contribution is 0.0519. The van der Waals surface area contributed by atoms with Crippen LogP contribution in [0.1, 0.15) is 53.0 Å². The van der Waals surface area contributed by atoms with Gasteiger partial charge in [0, 0.05) is 10.8 Å². The molecule has 108 valence electrons. The summed E-state index contributed by atoms with van der Waals surface area (Å²) in [5, 5.41) is 4.46. The first-order valence-corrected chi connectivity index (χ1v) is 7.45. The molecule has 1 N–H and O–H groups in total. The normalized spacial score (nSPS) is 15.9. The molecule has 1 aromatic rings. The average molecular weight is 305 g/mol. The molecule has 0 radical (unpaired) electrons. The summed E-state index contributed by atoms with van der Waals surface area (Å²) in [6, 6.07) is 0. The SMILES string of the molecule is CCOC(=O)c1nc(C2CCNCC2)sc1CC.Cl. The Labute approximate surface area is 124 Å². The molecule has 6 heteroatoms. The highest BCUT2D eigenvalue weighted by molar-refractivity contribution is 7.12. The van der Waals surface area contributed by atoms with Crippen LogP contribution in [0, 0.1) is 0 Å². The lowest BCUT2D eigenvalue weighted by Crippen LogP contribution is -2.26. The molecule has 0 saturated carbocycles. The van der Waals surface area contributed by atoms with Crippen LogP contribution in [0.4, 0.5) is 0 Å². The molecule has 1 aliphatic rings. The van der Waals surface area contributed by atoms with Crippen molar-refractivity contribution in [1.29, 1.82) is 0 Å². The molecule has 0 spiro atoms. The second-order valence-corrected chi connectivity index (χ2v) is 5.54. The van der Waals surface area contributed by atoms with Crippen molar-refractivity contribution in [1.82, 2.24) is 10.3 Å². The number of rotatable bonds is 4. The van der Waals surface area contributed by atoms with E-state index in [1.807, 2.05) is 6.92 Å². The maximum atomic E-state index is 11.8. The van der Waals surface area contributed by atoms with Gasteiger partial charge in [0.2, 0.25) is 0 Å². The van der Waals surface area contributed by atoms with Gasteiger partial charge in [0.1, 0.15) is 0 Å². The Morgan fingerprint density at radius 1 is 1.42 bits per heavy atom. The van der Waals surface area contributed by atoms with Crippen LogP contribution in [0.3, 0.4) is 0 Å². The highest BCUT2D eigenvalue weighted by Crippen LogP contribution is 2.31. The van der Waals surface area contributed by atoms with Gasteiger partial charge in [-0.25, -0.2) is 9.78 Å². The van der Waals surface area contributed by atoms with Gasteiger partial charge in [0.05, 0.1) is 11.6 Å². The van der Waals surface area contributed by atoms with Crippen molar-refractivity contribution < 1.29 is 9.53 Å². The van der Waals surface area contributed by atoms with Gasteiger partial charge in [0.25, 0.3) is 0 Å². The average Bonchev–Trinajstić information content (AvgIpc) is 2.84. The molecular weight excluding hydrogens is 284 g/mol. The molecule has 0 amide bonds. The van der Waals surface area contributed by atoms with Crippen LogP contribution in [0.2, 0.25) is 0 Å². The zero-order valence-corrected chi connectivity index (χ0v) is 13.0. The minimum Gasteiger partial charge on any atom is -0.461 e. The summed E-state index contributed by atoms with van der Waals surface area (Å²) < 4.78 is 5.06. The summed E-state index contributed by atoms with van der Waals surface area (Å²) in [7, 11) is 0. The Morgan fingerprint density at radius 3 is 2.68 bits per heavy atom. The maximum Gasteiger partial charge on any atom is 0.358 e. The summed E-state index contributed by atoms with van der Waals surface area (Å²) in [6.45, 7) is 6.37. The number of piperidine rings is 1. The fourth-order valence-corrected chi connectivity index (χ4v) is 3.37. The summed E-state index contributed by atoms with van der Waals surface area (Å²) in [6.07, 6.45) is 3.06. The summed E-state index contributed by atoms with van der Waals surface area (Å²) in [4.78, 5) is 17.4. The molecule has 1 aromatic heterocycles. The van der Waals surface area contributed by atoms with Crippen molar-refractivity contribution in [2.24, 2.45) is 0 Å². The van der Waals surface area contributed by atoms with E-state index in [1.165, 1.54) is 0 Å². The third-order valence-electron chi connectivity index (χ3n) is 3.19. The van der Waals surface area contributed by atoms with Crippen LogP contribution in [0.25, 0.3) is 0 Å². The van der Waals surface area contributed by atoms with Crippen LogP contribution in [-0.4, -0.2) is 30.6 Å². The van der Waals surface area contributed by atoms with E-state index in [4.69, 9.17) is 4.74 Å². The predicted molar refractivity (Wildman–Crippen MR) is 79.5 cm³/mol. The Hall–Kier alpha value is -0.650. The summed E-state index contributed by atoms with van der Waals surface area (Å²) in [5.74, 6) is 0.232. The van der Waals surface area contributed by atoms with E-state index < -0.39 is 0 Å². The van der Waals surface area contributed by atoms with E-state index in [1.54, 1.807) is 11.3 Å². The first kappa shape index (κ1) is 16.4. The molecule has 19 heavy (non-hydrogen) atoms. The first-order chi connectivity index (χ1) is 8.76. The Morgan fingerprint density at radius 2 is 2.11 bits per heavy atom. The first-order valence-electron chi connectivity index (χ1n) is 6.63. The molecule has 2 heterocycles. The van der Waals surface area contributed by atoms with Gasteiger partial charge in [-0.2, -0.15) is 0 Å². The number of ether oxygens (including phenoxy) is 1. The molecular formula is C13H21ClN2O2S. The van der Waals surface area contributed by atoms with Gasteiger partial charge in [-0.1, -0.05) is 6.92 Å². The summed E-state index contributed by atoms with van der Waals surface area (Å²) >= 11 is 1.68. The van der Waals surface area contributed by atoms with E-state index in [2.05, 4.69) is 17.2 Å². The van der Waals surface area contributed by atoms with Gasteiger partial charge in [0.15, 0.2) is 5.69 Å². The largest absolute Gasteiger partial charge is 0.461 e. The molecule has 0 aromatic carbocycles. The van der Waals surface area contributed by atoms with Gasteiger partial charge in [-0.3, -0.25) is 0 Å². The topological polar surface area (TPSA) is 51.2 Å². The lowest BCUT2D eigenvalue weighted by atomic mass is 9.99. The van der Waals surface area contributed by atoms with E-state index >= 15 is 0 Å². The molecule has 0 bridgehead atoms. The zero-order chi connectivity index (χ0) is 13.0. The highest BCUT2D eigenvalue weighted by Gasteiger charge is 2.23. The van der Waals surface area contributed by atoms with Crippen molar-refractivity contribution in [2.45, 2.75) is 39.0 Å². The van der Waals surface area contributed by atoms with Gasteiger partial charge >= 0.3 is 5.97 Å². The lowest BCUT2D eigenvalue weighted by Gasteiger charge is -2.20. The van der Waals surface area contributed by atoms with Crippen LogP contribution in [0.5, 0.6) is 0 Å². The number of hydrogen-bond acceptors (Lipinski definition) is 5. The van der Waals surface area contributed by atoms with Crippen molar-refractivity contribution in [3.63, 3.8) is 0 Å². The molecule has 0 atom stereocenters. The third kappa shape index (κ3) is 3.91. The second kappa shape index (κ2) is 7.82. The minimum atomic E-state index is -0.272. The number of carbonyl (C=O) groups excluding carboxylic acids is 1. The minimum absolute atomic E-state index is 0. The Bertz CT molecular complexity index is 417. The number of halogens is 1. The maximum absolute atomic E-state index is 11.8. The molecule has 0 aliphatic carbocycles. The molecule has 4 nitrogen and oxygen atoms in total. The van der Waals surface area contributed by atoms with Crippen molar-refractivity contribution in [3.8, 4) is 0 Å². The van der Waals surface area contributed by atoms with Gasteiger partial charge in [-0.15, -0.1) is 23.7 Å². The van der Waals surface area contributed by atoms with Crippen LogP contribution in [0.15, 0.2) is 0 Å². The van der Waals surface area contributed by atoms with E-state index in [-0.39, 0.29) is 18.4 Å². The van der Waals surface area contributed by atoms with Crippen LogP contribution >= 0.6 is 23.7 Å². The zero-order valence-electron chi connectivity index (χ0n) is 11.4. The van der Waals surface area contributed by atoms with Crippen LogP contribution in [-0.2, 0) is 11.2 Å². The Kier molecular flexibility index (Phi) is 6.75. The number of aromatic nitrogens is 1. The molecule has 2 rings (SSSR count). The van der Waals surface area contributed by atoms with E-state index in [0.717, 1.165) is 42.2 Å². The number of hydrogen-bond donors (Lipinski definition) is 1. The third-order valence-corrected chi connectivity index (χ3v) is 4.55. The van der Waals surface area contributed by atoms with Crippen molar-refractivity contribution in [3.05, 3.63) is 15.6 Å². The summed E-state index contributed by atoms with van der Waals surface area (Å²) in [5.41, 5.74) is 0.540. The highest BCUT2D eigenvalue weighted by atomic mass is 35.5. The van der Waals surface area contributed by atoms with E-state index in [9.17, 15) is 4.79 Å². The van der Waals surface area contributed by atoms with Crippen molar-refractivity contribution >= 4 is 29.7 Å². The fraction of sp³-hybridized carbons (Fsp3) is 0.692.